The van der Waals surface area contributed by atoms with Crippen LogP contribution < -0.4 is 25.8 Å². The van der Waals surface area contributed by atoms with E-state index in [1.54, 1.807) is 30.2 Å². The normalized spacial score (nSPS) is 24.4. The molecule has 1 heterocycles. The molecule has 27 heavy (non-hydrogen) atoms. The average Bonchev–Trinajstić information content (AvgIpc) is 2.62. The summed E-state index contributed by atoms with van der Waals surface area (Å²) in [6.45, 7) is 0.0429. The van der Waals surface area contributed by atoms with Crippen LogP contribution in [0.2, 0.25) is 0 Å². The molecule has 1 aliphatic heterocycles. The summed E-state index contributed by atoms with van der Waals surface area (Å²) in [5, 5.41) is 5.65. The molecule has 9 heteroatoms. The Kier molecular flexibility index (Phi) is 5.81. The number of methoxy groups -OCH3 is 2. The molecule has 1 unspecified atom stereocenters. The summed E-state index contributed by atoms with van der Waals surface area (Å²) in [4.78, 5) is 26.2. The number of carbonyl (C=O) groups excluding carboxylic acids is 2. The van der Waals surface area contributed by atoms with Crippen LogP contribution >= 0.6 is 12.6 Å². The maximum absolute atomic E-state index is 12.5. The van der Waals surface area contributed by atoms with E-state index in [0.717, 1.165) is 12.8 Å². The fourth-order valence-electron chi connectivity index (χ4n) is 3.21. The van der Waals surface area contributed by atoms with Crippen molar-refractivity contribution in [3.63, 3.8) is 0 Å². The molecule has 0 radical (unpaired) electrons. The zero-order valence-electron chi connectivity index (χ0n) is 15.3. The molecule has 1 saturated carbocycles. The molecule has 0 spiro atoms. The maximum atomic E-state index is 12.5. The minimum Gasteiger partial charge on any atom is -0.497 e. The van der Waals surface area contributed by atoms with E-state index in [9.17, 15) is 9.59 Å². The third-order valence-corrected chi connectivity index (χ3v) is 5.09. The highest BCUT2D eigenvalue weighted by molar-refractivity contribution is 7.80. The molecule has 0 bridgehead atoms. The first-order valence-corrected chi connectivity index (χ1v) is 9.17. The van der Waals surface area contributed by atoms with Crippen molar-refractivity contribution in [2.24, 2.45) is 5.73 Å². The molecule has 1 aliphatic carbocycles. The largest absolute Gasteiger partial charge is 0.497 e. The van der Waals surface area contributed by atoms with Gasteiger partial charge in [-0.3, -0.25) is 9.59 Å². The van der Waals surface area contributed by atoms with Crippen molar-refractivity contribution in [2.45, 2.75) is 30.4 Å². The number of nitrogens with zero attached hydrogens (tertiary/aromatic N) is 1. The Morgan fingerprint density at radius 3 is 2.74 bits per heavy atom. The molecule has 0 saturated heterocycles. The van der Waals surface area contributed by atoms with Gasteiger partial charge in [0.15, 0.2) is 0 Å². The molecule has 1 atom stereocenters. The summed E-state index contributed by atoms with van der Waals surface area (Å²) in [7, 11) is 3.10. The fourth-order valence-corrected chi connectivity index (χ4v) is 3.54. The molecular weight excluding hydrogens is 368 g/mol. The van der Waals surface area contributed by atoms with Gasteiger partial charge < -0.3 is 30.7 Å². The van der Waals surface area contributed by atoms with Gasteiger partial charge in [0, 0.05) is 29.8 Å². The number of nitrogens with one attached hydrogen (secondary N) is 2. The molecule has 2 amide bonds. The van der Waals surface area contributed by atoms with E-state index >= 15 is 0 Å². The van der Waals surface area contributed by atoms with Gasteiger partial charge in [-0.05, 0) is 25.0 Å². The topological polar surface area (TPSA) is 106 Å². The highest BCUT2D eigenvalue weighted by atomic mass is 32.1. The monoisotopic (exact) mass is 392 g/mol. The summed E-state index contributed by atoms with van der Waals surface area (Å²) < 4.78 is 10.7. The SMILES string of the molecule is COc1ccc(C2=CC(=O)NC(S)N2CC(=O)N[C@H]2C[C@H](N)C2)c(OC)c1. The Labute approximate surface area is 163 Å². The van der Waals surface area contributed by atoms with Crippen LogP contribution in [0.1, 0.15) is 18.4 Å². The highest BCUT2D eigenvalue weighted by Crippen LogP contribution is 2.34. The van der Waals surface area contributed by atoms with Crippen molar-refractivity contribution >= 4 is 30.1 Å². The molecule has 3 rings (SSSR count). The first-order valence-electron chi connectivity index (χ1n) is 8.65. The Morgan fingerprint density at radius 2 is 2.11 bits per heavy atom. The zero-order chi connectivity index (χ0) is 19.6. The second-order valence-corrected chi connectivity index (χ2v) is 7.09. The molecule has 1 aromatic carbocycles. The van der Waals surface area contributed by atoms with Gasteiger partial charge in [-0.25, -0.2) is 0 Å². The van der Waals surface area contributed by atoms with Crippen LogP contribution in [0.3, 0.4) is 0 Å². The maximum Gasteiger partial charge on any atom is 0.248 e. The lowest BCUT2D eigenvalue weighted by Gasteiger charge is -2.37. The standard InChI is InChI=1S/C18H24N4O4S/c1-25-12-3-4-13(15(7-12)26-2)14-8-16(23)21-18(27)22(14)9-17(24)20-11-5-10(19)6-11/h3-4,7-8,10-11,18,27H,5-6,9,19H2,1-2H3,(H,20,24)(H,21,23)/t10-,11-,18?. The number of carbonyl (C=O) groups is 2. The molecule has 146 valence electrons. The lowest BCUT2D eigenvalue weighted by molar-refractivity contribution is -0.124. The minimum absolute atomic E-state index is 0.0429. The van der Waals surface area contributed by atoms with Crippen LogP contribution in [0.15, 0.2) is 24.3 Å². The predicted octanol–water partition coefficient (Wildman–Crippen LogP) is 0.296. The van der Waals surface area contributed by atoms with E-state index in [0.29, 0.717) is 22.8 Å². The van der Waals surface area contributed by atoms with Crippen LogP contribution in [0.25, 0.3) is 5.70 Å². The average molecular weight is 392 g/mol. The molecule has 1 fully saturated rings. The number of amides is 2. The van der Waals surface area contributed by atoms with Gasteiger partial charge in [-0.2, -0.15) is 0 Å². The van der Waals surface area contributed by atoms with Crippen LogP contribution in [0.4, 0.5) is 0 Å². The van der Waals surface area contributed by atoms with Crippen LogP contribution in [0.5, 0.6) is 11.5 Å². The Balaban J connectivity index is 1.84. The van der Waals surface area contributed by atoms with E-state index in [1.165, 1.54) is 13.2 Å². The lowest BCUT2D eigenvalue weighted by atomic mass is 9.87. The first kappa shape index (κ1) is 19.4. The Bertz CT molecular complexity index is 764. The number of thiol groups is 1. The molecule has 1 aromatic rings. The van der Waals surface area contributed by atoms with Gasteiger partial charge in [-0.15, -0.1) is 12.6 Å². The van der Waals surface area contributed by atoms with E-state index < -0.39 is 5.50 Å². The van der Waals surface area contributed by atoms with E-state index in [1.807, 2.05) is 0 Å². The number of rotatable bonds is 6. The second-order valence-electron chi connectivity index (χ2n) is 6.60. The number of ether oxygens (including phenoxy) is 2. The Hall–Kier alpha value is -2.39. The molecule has 2 aliphatic rings. The van der Waals surface area contributed by atoms with Gasteiger partial charge in [0.25, 0.3) is 0 Å². The number of hydrogen-bond acceptors (Lipinski definition) is 7. The van der Waals surface area contributed by atoms with Crippen molar-refractivity contribution in [1.29, 1.82) is 0 Å². The van der Waals surface area contributed by atoms with Crippen LogP contribution in [-0.2, 0) is 9.59 Å². The van der Waals surface area contributed by atoms with Crippen LogP contribution in [-0.4, -0.2) is 55.1 Å². The Morgan fingerprint density at radius 1 is 1.37 bits per heavy atom. The molecule has 0 aromatic heterocycles. The number of nitrogens with two attached hydrogens (primary N) is 1. The van der Waals surface area contributed by atoms with Crippen molar-refractivity contribution < 1.29 is 19.1 Å². The van der Waals surface area contributed by atoms with E-state index in [-0.39, 0.29) is 30.4 Å². The summed E-state index contributed by atoms with van der Waals surface area (Å²) >= 11 is 4.43. The van der Waals surface area contributed by atoms with Crippen LogP contribution in [0, 0.1) is 0 Å². The predicted molar refractivity (Wildman–Crippen MR) is 104 cm³/mol. The van der Waals surface area contributed by atoms with Crippen molar-refractivity contribution in [1.82, 2.24) is 15.5 Å². The summed E-state index contributed by atoms with van der Waals surface area (Å²) in [6.07, 6.45) is 2.99. The van der Waals surface area contributed by atoms with Gasteiger partial charge >= 0.3 is 0 Å². The molecule has 8 nitrogen and oxygen atoms in total. The van der Waals surface area contributed by atoms with E-state index in [4.69, 9.17) is 15.2 Å². The van der Waals surface area contributed by atoms with Gasteiger partial charge in [-0.1, -0.05) is 0 Å². The minimum atomic E-state index is -0.640. The molecular formula is C18H24N4O4S. The summed E-state index contributed by atoms with van der Waals surface area (Å²) in [5.74, 6) is 0.723. The van der Waals surface area contributed by atoms with E-state index in [2.05, 4.69) is 23.3 Å². The highest BCUT2D eigenvalue weighted by Gasteiger charge is 2.31. The fraction of sp³-hybridized carbons (Fsp3) is 0.444. The quantitative estimate of drug-likeness (QED) is 0.519. The second kappa shape index (κ2) is 8.10. The molecule has 4 N–H and O–H groups in total. The first-order chi connectivity index (χ1) is 12.9. The van der Waals surface area contributed by atoms with Gasteiger partial charge in [0.2, 0.25) is 11.8 Å². The van der Waals surface area contributed by atoms with Gasteiger partial charge in [0.1, 0.15) is 17.0 Å². The zero-order valence-corrected chi connectivity index (χ0v) is 16.2. The van der Waals surface area contributed by atoms with Crippen molar-refractivity contribution in [2.75, 3.05) is 20.8 Å². The number of benzene rings is 1. The third-order valence-electron chi connectivity index (χ3n) is 4.68. The van der Waals surface area contributed by atoms with Crippen molar-refractivity contribution in [3.05, 3.63) is 29.8 Å². The smallest absolute Gasteiger partial charge is 0.248 e. The van der Waals surface area contributed by atoms with Crippen molar-refractivity contribution in [3.8, 4) is 11.5 Å². The third kappa shape index (κ3) is 4.30. The lowest BCUT2D eigenvalue weighted by Crippen LogP contribution is -2.55. The van der Waals surface area contributed by atoms with Gasteiger partial charge in [0.05, 0.1) is 26.5 Å². The summed E-state index contributed by atoms with van der Waals surface area (Å²) in [6, 6.07) is 5.55. The number of hydrogen-bond donors (Lipinski definition) is 4. The summed E-state index contributed by atoms with van der Waals surface area (Å²) in [5.41, 5.74) is 6.35.